The lowest BCUT2D eigenvalue weighted by Crippen LogP contribution is -2.12. The van der Waals surface area contributed by atoms with Gasteiger partial charge in [0.15, 0.2) is 11.0 Å². The number of nitrogens with zero attached hydrogens (tertiary/aromatic N) is 4. The Labute approximate surface area is 106 Å². The molecule has 2 heterocycles. The van der Waals surface area contributed by atoms with E-state index in [9.17, 15) is 4.79 Å². The number of primary amides is 1. The van der Waals surface area contributed by atoms with E-state index in [2.05, 4.69) is 15.1 Å². The Balaban J connectivity index is 2.44. The molecule has 0 unspecified atom stereocenters. The predicted molar refractivity (Wildman–Crippen MR) is 64.5 cm³/mol. The maximum atomic E-state index is 10.9. The first-order chi connectivity index (χ1) is 8.10. The van der Waals surface area contributed by atoms with Crippen molar-refractivity contribution in [3.63, 3.8) is 0 Å². The van der Waals surface area contributed by atoms with E-state index in [4.69, 9.17) is 17.3 Å². The van der Waals surface area contributed by atoms with E-state index < -0.39 is 5.91 Å². The van der Waals surface area contributed by atoms with Gasteiger partial charge in [-0.05, 0) is 12.3 Å². The van der Waals surface area contributed by atoms with Crippen LogP contribution in [-0.4, -0.2) is 31.9 Å². The molecular weight excluding hydrogens is 262 g/mol. The highest BCUT2D eigenvalue weighted by Gasteiger charge is 2.09. The van der Waals surface area contributed by atoms with Crippen LogP contribution in [0, 0.1) is 0 Å². The van der Waals surface area contributed by atoms with Gasteiger partial charge in [-0.2, -0.15) is 5.10 Å². The van der Waals surface area contributed by atoms with Crippen LogP contribution in [0.1, 0.15) is 10.5 Å². The fraction of sp³-hybridized carbons (Fsp3) is 0.111. The van der Waals surface area contributed by atoms with Crippen LogP contribution in [0.25, 0.3) is 5.82 Å². The molecule has 88 valence electrons. The third-order valence-corrected chi connectivity index (χ3v) is 2.66. The Morgan fingerprint density at radius 1 is 1.53 bits per heavy atom. The van der Waals surface area contributed by atoms with Gasteiger partial charge in [0, 0.05) is 12.3 Å². The van der Waals surface area contributed by atoms with Crippen LogP contribution in [0.3, 0.4) is 0 Å². The van der Waals surface area contributed by atoms with Crippen molar-refractivity contribution in [3.8, 4) is 5.82 Å². The van der Waals surface area contributed by atoms with E-state index in [-0.39, 0.29) is 5.69 Å². The van der Waals surface area contributed by atoms with Gasteiger partial charge in [-0.1, -0.05) is 23.4 Å². The third-order valence-electron chi connectivity index (χ3n) is 1.92. The number of nitrogens with two attached hydrogens (primary N) is 1. The average molecular weight is 270 g/mol. The Bertz CT molecular complexity index is 570. The number of carbonyl (C=O) groups is 1. The summed E-state index contributed by atoms with van der Waals surface area (Å²) >= 11 is 7.22. The number of hydrogen-bond acceptors (Lipinski definition) is 5. The van der Waals surface area contributed by atoms with E-state index in [1.54, 1.807) is 12.3 Å². The van der Waals surface area contributed by atoms with Gasteiger partial charge in [-0.15, -0.1) is 0 Å². The highest BCUT2D eigenvalue weighted by Crippen LogP contribution is 2.16. The first-order valence-electron chi connectivity index (χ1n) is 4.54. The van der Waals surface area contributed by atoms with Crippen molar-refractivity contribution in [2.45, 2.75) is 5.16 Å². The average Bonchev–Trinajstić information content (AvgIpc) is 2.77. The molecule has 2 aromatic rings. The van der Waals surface area contributed by atoms with Crippen molar-refractivity contribution in [1.82, 2.24) is 19.7 Å². The van der Waals surface area contributed by atoms with E-state index in [1.165, 1.54) is 22.5 Å². The molecule has 8 heteroatoms. The summed E-state index contributed by atoms with van der Waals surface area (Å²) < 4.78 is 1.42. The van der Waals surface area contributed by atoms with Crippen LogP contribution in [0.15, 0.2) is 23.5 Å². The van der Waals surface area contributed by atoms with E-state index >= 15 is 0 Å². The number of halogens is 1. The summed E-state index contributed by atoms with van der Waals surface area (Å²) in [6.07, 6.45) is 3.43. The van der Waals surface area contributed by atoms with Gasteiger partial charge in [-0.3, -0.25) is 4.79 Å². The molecule has 2 aromatic heterocycles. The molecule has 0 bridgehead atoms. The molecule has 0 aliphatic heterocycles. The van der Waals surface area contributed by atoms with E-state index in [0.717, 1.165) is 0 Å². The summed E-state index contributed by atoms with van der Waals surface area (Å²) in [5.74, 6) is -0.101. The normalized spacial score (nSPS) is 10.5. The van der Waals surface area contributed by atoms with Crippen LogP contribution in [0.4, 0.5) is 0 Å². The zero-order chi connectivity index (χ0) is 12.4. The molecule has 1 amide bonds. The fourth-order valence-electron chi connectivity index (χ4n) is 1.18. The van der Waals surface area contributed by atoms with Crippen LogP contribution in [0.5, 0.6) is 0 Å². The lowest BCUT2D eigenvalue weighted by atomic mass is 10.4. The Hall–Kier alpha value is -1.60. The van der Waals surface area contributed by atoms with Crippen molar-refractivity contribution >= 4 is 29.3 Å². The summed E-state index contributed by atoms with van der Waals surface area (Å²) in [6.45, 7) is 0. The van der Waals surface area contributed by atoms with Gasteiger partial charge in [-0.25, -0.2) is 14.6 Å². The summed E-state index contributed by atoms with van der Waals surface area (Å²) in [5, 5.41) is 4.83. The fourth-order valence-corrected chi connectivity index (χ4v) is 1.78. The molecular formula is C9H8ClN5OS. The molecule has 0 aliphatic carbocycles. The standard InChI is InChI=1S/C9H8ClN5OS/c1-17-9-12-6(10)4-7(13-9)15-3-2-5(14-15)8(11)16/h2-4H,1H3,(H2,11,16). The molecule has 0 spiro atoms. The quantitative estimate of drug-likeness (QED) is 0.513. The Morgan fingerprint density at radius 2 is 2.29 bits per heavy atom. The maximum absolute atomic E-state index is 10.9. The monoisotopic (exact) mass is 269 g/mol. The van der Waals surface area contributed by atoms with Crippen LogP contribution in [-0.2, 0) is 0 Å². The molecule has 0 atom stereocenters. The van der Waals surface area contributed by atoms with Gasteiger partial charge < -0.3 is 5.73 Å². The van der Waals surface area contributed by atoms with Gasteiger partial charge in [0.2, 0.25) is 0 Å². The lowest BCUT2D eigenvalue weighted by Gasteiger charge is -2.02. The van der Waals surface area contributed by atoms with E-state index in [0.29, 0.717) is 16.1 Å². The minimum absolute atomic E-state index is 0.172. The van der Waals surface area contributed by atoms with Crippen LogP contribution >= 0.6 is 23.4 Å². The number of aromatic nitrogens is 4. The van der Waals surface area contributed by atoms with Gasteiger partial charge in [0.25, 0.3) is 5.91 Å². The first kappa shape index (κ1) is 11.9. The molecule has 0 saturated carbocycles. The first-order valence-corrected chi connectivity index (χ1v) is 6.15. The van der Waals surface area contributed by atoms with Gasteiger partial charge in [0.05, 0.1) is 0 Å². The predicted octanol–water partition coefficient (Wildman–Crippen LogP) is 1.14. The van der Waals surface area contributed by atoms with Crippen LogP contribution < -0.4 is 5.73 Å². The molecule has 0 aliphatic rings. The number of thioether (sulfide) groups is 1. The molecule has 0 saturated heterocycles. The summed E-state index contributed by atoms with van der Waals surface area (Å²) in [5.41, 5.74) is 5.29. The lowest BCUT2D eigenvalue weighted by molar-refractivity contribution is 0.0995. The third kappa shape index (κ3) is 2.56. The van der Waals surface area contributed by atoms with E-state index in [1.807, 2.05) is 6.26 Å². The molecule has 0 aromatic carbocycles. The number of hydrogen-bond donors (Lipinski definition) is 1. The highest BCUT2D eigenvalue weighted by molar-refractivity contribution is 7.98. The maximum Gasteiger partial charge on any atom is 0.269 e. The van der Waals surface area contributed by atoms with Crippen molar-refractivity contribution in [2.75, 3.05) is 6.26 Å². The largest absolute Gasteiger partial charge is 0.364 e. The topological polar surface area (TPSA) is 86.7 Å². The summed E-state index contributed by atoms with van der Waals surface area (Å²) in [4.78, 5) is 19.1. The second kappa shape index (κ2) is 4.72. The second-order valence-corrected chi connectivity index (χ2v) is 4.21. The minimum atomic E-state index is -0.589. The highest BCUT2D eigenvalue weighted by atomic mass is 35.5. The second-order valence-electron chi connectivity index (χ2n) is 3.05. The van der Waals surface area contributed by atoms with Crippen LogP contribution in [0.2, 0.25) is 5.15 Å². The molecule has 2 N–H and O–H groups in total. The number of rotatable bonds is 3. The smallest absolute Gasteiger partial charge is 0.269 e. The van der Waals surface area contributed by atoms with Gasteiger partial charge >= 0.3 is 0 Å². The van der Waals surface area contributed by atoms with Crippen molar-refractivity contribution in [2.24, 2.45) is 5.73 Å². The molecule has 0 radical (unpaired) electrons. The van der Waals surface area contributed by atoms with Gasteiger partial charge in [0.1, 0.15) is 10.8 Å². The zero-order valence-electron chi connectivity index (χ0n) is 8.79. The Morgan fingerprint density at radius 3 is 2.88 bits per heavy atom. The molecule has 2 rings (SSSR count). The SMILES string of the molecule is CSc1nc(Cl)cc(-n2ccc(C(N)=O)n2)n1. The van der Waals surface area contributed by atoms with Crippen molar-refractivity contribution in [1.29, 1.82) is 0 Å². The van der Waals surface area contributed by atoms with Crippen molar-refractivity contribution < 1.29 is 4.79 Å². The number of carbonyl (C=O) groups excluding carboxylic acids is 1. The zero-order valence-corrected chi connectivity index (χ0v) is 10.4. The number of amides is 1. The Kier molecular flexibility index (Phi) is 3.30. The molecule has 17 heavy (non-hydrogen) atoms. The minimum Gasteiger partial charge on any atom is -0.364 e. The molecule has 6 nitrogen and oxygen atoms in total. The summed E-state index contributed by atoms with van der Waals surface area (Å²) in [7, 11) is 0. The molecule has 0 fully saturated rings. The van der Waals surface area contributed by atoms with Crippen molar-refractivity contribution in [3.05, 3.63) is 29.2 Å². The summed E-state index contributed by atoms with van der Waals surface area (Å²) in [6, 6.07) is 3.07.